The third-order valence-electron chi connectivity index (χ3n) is 2.47. The lowest BCUT2D eigenvalue weighted by molar-refractivity contribution is -0.147. The van der Waals surface area contributed by atoms with E-state index in [2.05, 4.69) is 5.32 Å². The Balaban J connectivity index is 2.04. The molecule has 0 atom stereocenters. The summed E-state index contributed by atoms with van der Waals surface area (Å²) in [6.07, 6.45) is -2.55. The SMILES string of the molecule is CC(C)(CNC1CC1)COCCC(F)(F)F. The molecule has 0 aromatic rings. The Hall–Kier alpha value is -0.290. The van der Waals surface area contributed by atoms with Crippen molar-refractivity contribution >= 4 is 0 Å². The molecule has 5 heteroatoms. The lowest BCUT2D eigenvalue weighted by atomic mass is 9.95. The number of rotatable bonds is 7. The van der Waals surface area contributed by atoms with E-state index in [1.165, 1.54) is 12.8 Å². The summed E-state index contributed by atoms with van der Waals surface area (Å²) in [5.74, 6) is 0. The number of nitrogens with one attached hydrogen (secondary N) is 1. The van der Waals surface area contributed by atoms with Crippen molar-refractivity contribution < 1.29 is 17.9 Å². The Morgan fingerprint density at radius 1 is 1.25 bits per heavy atom. The third-order valence-corrected chi connectivity index (χ3v) is 2.47. The van der Waals surface area contributed by atoms with Crippen LogP contribution in [0.15, 0.2) is 0 Å². The summed E-state index contributed by atoms with van der Waals surface area (Å²) >= 11 is 0. The number of hydrogen-bond acceptors (Lipinski definition) is 2. The molecule has 96 valence electrons. The molecule has 0 amide bonds. The molecule has 0 heterocycles. The van der Waals surface area contributed by atoms with Crippen LogP contribution < -0.4 is 5.32 Å². The third kappa shape index (κ3) is 7.06. The summed E-state index contributed by atoms with van der Waals surface area (Å²) in [6, 6.07) is 0.620. The summed E-state index contributed by atoms with van der Waals surface area (Å²) in [5, 5.41) is 3.35. The molecule has 2 nitrogen and oxygen atoms in total. The predicted octanol–water partition coefficient (Wildman–Crippen LogP) is 2.73. The van der Waals surface area contributed by atoms with Crippen LogP contribution in [-0.2, 0) is 4.74 Å². The van der Waals surface area contributed by atoms with Gasteiger partial charge in [-0.2, -0.15) is 13.2 Å². The topological polar surface area (TPSA) is 21.3 Å². The zero-order chi connectivity index (χ0) is 12.2. The van der Waals surface area contributed by atoms with Gasteiger partial charge in [0.15, 0.2) is 0 Å². The molecule has 1 aliphatic carbocycles. The fraction of sp³-hybridized carbons (Fsp3) is 1.00. The highest BCUT2D eigenvalue weighted by molar-refractivity contribution is 4.83. The van der Waals surface area contributed by atoms with Crippen LogP contribution in [-0.4, -0.2) is 32.0 Å². The normalized spacial score (nSPS) is 17.8. The van der Waals surface area contributed by atoms with Gasteiger partial charge in [-0.05, 0) is 12.8 Å². The first-order valence-electron chi connectivity index (χ1n) is 5.66. The van der Waals surface area contributed by atoms with E-state index in [9.17, 15) is 13.2 Å². The highest BCUT2D eigenvalue weighted by Gasteiger charge is 2.28. The first-order valence-corrected chi connectivity index (χ1v) is 5.66. The lowest BCUT2D eigenvalue weighted by Gasteiger charge is -2.25. The van der Waals surface area contributed by atoms with Gasteiger partial charge in [0.25, 0.3) is 0 Å². The highest BCUT2D eigenvalue weighted by atomic mass is 19.4. The van der Waals surface area contributed by atoms with Crippen LogP contribution in [0.2, 0.25) is 0 Å². The Morgan fingerprint density at radius 2 is 1.88 bits per heavy atom. The van der Waals surface area contributed by atoms with Crippen molar-refractivity contribution in [2.75, 3.05) is 19.8 Å². The summed E-state index contributed by atoms with van der Waals surface area (Å²) in [6.45, 7) is 4.91. The summed E-state index contributed by atoms with van der Waals surface area (Å²) in [4.78, 5) is 0. The van der Waals surface area contributed by atoms with Crippen molar-refractivity contribution in [1.82, 2.24) is 5.32 Å². The van der Waals surface area contributed by atoms with Crippen LogP contribution >= 0.6 is 0 Å². The lowest BCUT2D eigenvalue weighted by Crippen LogP contribution is -2.34. The molecule has 1 saturated carbocycles. The van der Waals surface area contributed by atoms with Gasteiger partial charge in [-0.15, -0.1) is 0 Å². The van der Waals surface area contributed by atoms with E-state index in [0.717, 1.165) is 6.54 Å². The Morgan fingerprint density at radius 3 is 2.38 bits per heavy atom. The van der Waals surface area contributed by atoms with E-state index in [0.29, 0.717) is 12.6 Å². The Bertz CT molecular complexity index is 212. The van der Waals surface area contributed by atoms with Gasteiger partial charge in [-0.3, -0.25) is 0 Å². The second kappa shape index (κ2) is 5.36. The average Bonchev–Trinajstić information content (AvgIpc) is 2.91. The number of alkyl halides is 3. The molecule has 0 radical (unpaired) electrons. The molecule has 1 rings (SSSR count). The quantitative estimate of drug-likeness (QED) is 0.690. The van der Waals surface area contributed by atoms with Gasteiger partial charge in [-0.25, -0.2) is 0 Å². The minimum absolute atomic E-state index is 0.103. The number of halogens is 3. The second-order valence-corrected chi connectivity index (χ2v) is 5.24. The highest BCUT2D eigenvalue weighted by Crippen LogP contribution is 2.23. The largest absolute Gasteiger partial charge is 0.391 e. The van der Waals surface area contributed by atoms with Crippen molar-refractivity contribution in [3.05, 3.63) is 0 Å². The van der Waals surface area contributed by atoms with Crippen LogP contribution in [0.25, 0.3) is 0 Å². The maximum atomic E-state index is 11.8. The molecule has 1 fully saturated rings. The van der Waals surface area contributed by atoms with Crippen molar-refractivity contribution in [3.63, 3.8) is 0 Å². The Labute approximate surface area is 94.5 Å². The molecular formula is C11H20F3NO. The number of ether oxygens (including phenoxy) is 1. The van der Waals surface area contributed by atoms with Crippen LogP contribution in [0.1, 0.15) is 33.1 Å². The average molecular weight is 239 g/mol. The summed E-state index contributed by atoms with van der Waals surface area (Å²) in [7, 11) is 0. The van der Waals surface area contributed by atoms with E-state index >= 15 is 0 Å². The molecule has 0 spiro atoms. The zero-order valence-electron chi connectivity index (χ0n) is 9.86. The first kappa shape index (κ1) is 13.8. The van der Waals surface area contributed by atoms with Gasteiger partial charge >= 0.3 is 6.18 Å². The minimum atomic E-state index is -4.11. The van der Waals surface area contributed by atoms with Gasteiger partial charge in [0, 0.05) is 18.0 Å². The molecule has 0 aromatic heterocycles. The van der Waals surface area contributed by atoms with Crippen LogP contribution in [0.4, 0.5) is 13.2 Å². The van der Waals surface area contributed by atoms with Gasteiger partial charge in [0.05, 0.1) is 19.6 Å². The van der Waals surface area contributed by atoms with E-state index < -0.39 is 12.6 Å². The van der Waals surface area contributed by atoms with Gasteiger partial charge in [0.1, 0.15) is 0 Å². The fourth-order valence-corrected chi connectivity index (χ4v) is 1.30. The van der Waals surface area contributed by atoms with Gasteiger partial charge < -0.3 is 10.1 Å². The molecule has 0 bridgehead atoms. The van der Waals surface area contributed by atoms with Gasteiger partial charge in [-0.1, -0.05) is 13.8 Å². The van der Waals surface area contributed by atoms with E-state index in [1.807, 2.05) is 13.8 Å². The van der Waals surface area contributed by atoms with E-state index in [1.54, 1.807) is 0 Å². The summed E-state index contributed by atoms with van der Waals surface area (Å²) in [5.41, 5.74) is -0.103. The van der Waals surface area contributed by atoms with Crippen molar-refractivity contribution in [3.8, 4) is 0 Å². The maximum Gasteiger partial charge on any atom is 0.391 e. The van der Waals surface area contributed by atoms with E-state index in [4.69, 9.17) is 4.74 Å². The fourth-order valence-electron chi connectivity index (χ4n) is 1.30. The standard InChI is InChI=1S/C11H20F3NO/c1-10(2,7-15-9-3-4-9)8-16-6-5-11(12,13)14/h9,15H,3-8H2,1-2H3. The predicted molar refractivity (Wildman–Crippen MR) is 56.3 cm³/mol. The Kier molecular flexibility index (Phi) is 4.62. The minimum Gasteiger partial charge on any atom is -0.380 e. The van der Waals surface area contributed by atoms with Crippen molar-refractivity contribution in [1.29, 1.82) is 0 Å². The van der Waals surface area contributed by atoms with Crippen LogP contribution in [0, 0.1) is 5.41 Å². The molecule has 0 aromatic carbocycles. The zero-order valence-corrected chi connectivity index (χ0v) is 9.86. The molecule has 0 saturated heterocycles. The second-order valence-electron chi connectivity index (χ2n) is 5.24. The molecule has 0 aliphatic heterocycles. The van der Waals surface area contributed by atoms with Crippen molar-refractivity contribution in [2.45, 2.75) is 45.3 Å². The van der Waals surface area contributed by atoms with Gasteiger partial charge in [0.2, 0.25) is 0 Å². The van der Waals surface area contributed by atoms with Crippen LogP contribution in [0.5, 0.6) is 0 Å². The monoisotopic (exact) mass is 239 g/mol. The molecular weight excluding hydrogens is 219 g/mol. The number of hydrogen-bond donors (Lipinski definition) is 1. The summed E-state index contributed by atoms with van der Waals surface area (Å²) < 4.78 is 40.6. The first-order chi connectivity index (χ1) is 7.29. The molecule has 1 N–H and O–H groups in total. The molecule has 16 heavy (non-hydrogen) atoms. The van der Waals surface area contributed by atoms with Crippen LogP contribution in [0.3, 0.4) is 0 Å². The maximum absolute atomic E-state index is 11.8. The molecule has 1 aliphatic rings. The van der Waals surface area contributed by atoms with E-state index in [-0.39, 0.29) is 12.0 Å². The smallest absolute Gasteiger partial charge is 0.380 e. The van der Waals surface area contributed by atoms with Crippen molar-refractivity contribution in [2.24, 2.45) is 5.41 Å². The molecule has 0 unspecified atom stereocenters.